The van der Waals surface area contributed by atoms with E-state index in [1.165, 1.54) is 24.4 Å². The Balaban J connectivity index is 1.77. The molecule has 0 N–H and O–H groups in total. The van der Waals surface area contributed by atoms with Gasteiger partial charge in [-0.1, -0.05) is 0 Å². The normalized spacial score (nSPS) is 20.6. The van der Waals surface area contributed by atoms with E-state index in [9.17, 15) is 0 Å². The van der Waals surface area contributed by atoms with E-state index in [1.807, 2.05) is 24.0 Å². The Bertz CT molecular complexity index is 460. The fourth-order valence-corrected chi connectivity index (χ4v) is 2.78. The number of hydrogen-bond donors (Lipinski definition) is 0. The van der Waals surface area contributed by atoms with Crippen LogP contribution >= 0.6 is 11.5 Å². The number of aromatic nitrogens is 3. The van der Waals surface area contributed by atoms with E-state index in [4.69, 9.17) is 4.74 Å². The maximum Gasteiger partial charge on any atom is 0.142 e. The van der Waals surface area contributed by atoms with Gasteiger partial charge in [-0.05, 0) is 24.4 Å². The van der Waals surface area contributed by atoms with Crippen LogP contribution in [0.3, 0.4) is 0 Å². The van der Waals surface area contributed by atoms with Crippen LogP contribution in [0.15, 0.2) is 24.0 Å². The Kier molecular flexibility index (Phi) is 3.20. The van der Waals surface area contributed by atoms with Crippen molar-refractivity contribution in [3.05, 3.63) is 24.0 Å². The highest BCUT2D eigenvalue weighted by Gasteiger charge is 2.16. The molecule has 1 aliphatic heterocycles. The molecule has 17 heavy (non-hydrogen) atoms. The van der Waals surface area contributed by atoms with Crippen molar-refractivity contribution in [1.82, 2.24) is 13.9 Å². The van der Waals surface area contributed by atoms with Gasteiger partial charge in [0.15, 0.2) is 0 Å². The van der Waals surface area contributed by atoms with Crippen molar-refractivity contribution in [2.75, 3.05) is 13.2 Å². The minimum atomic E-state index is 0.614. The van der Waals surface area contributed by atoms with Crippen LogP contribution in [0.1, 0.15) is 12.8 Å². The lowest BCUT2D eigenvalue weighted by Gasteiger charge is -2.22. The molecule has 0 aromatic carbocycles. The quantitative estimate of drug-likeness (QED) is 0.838. The highest BCUT2D eigenvalue weighted by Crippen LogP contribution is 2.22. The second-order valence-electron chi connectivity index (χ2n) is 4.40. The average molecular weight is 249 g/mol. The molecule has 0 aliphatic carbocycles. The summed E-state index contributed by atoms with van der Waals surface area (Å²) in [5.41, 5.74) is 1.11. The van der Waals surface area contributed by atoms with Crippen LogP contribution in [0, 0.1) is 5.92 Å². The Morgan fingerprint density at radius 1 is 1.53 bits per heavy atom. The molecule has 2 aromatic rings. The summed E-state index contributed by atoms with van der Waals surface area (Å²) >= 11 is 1.46. The smallest absolute Gasteiger partial charge is 0.142 e. The average Bonchev–Trinajstić information content (AvgIpc) is 3.00. The molecule has 1 atom stereocenters. The SMILES string of the molecule is c1cn(CC2CCCOC2)c(-c2cnsc2)n1. The van der Waals surface area contributed by atoms with Crippen molar-refractivity contribution in [1.29, 1.82) is 0 Å². The molecule has 3 heterocycles. The van der Waals surface area contributed by atoms with Gasteiger partial charge in [-0.15, -0.1) is 0 Å². The van der Waals surface area contributed by atoms with Crippen molar-refractivity contribution in [3.63, 3.8) is 0 Å². The molecular weight excluding hydrogens is 234 g/mol. The molecule has 90 valence electrons. The van der Waals surface area contributed by atoms with Crippen LogP contribution in [0.4, 0.5) is 0 Å². The predicted octanol–water partition coefficient (Wildman–Crippen LogP) is 2.43. The third-order valence-corrected chi connectivity index (χ3v) is 3.70. The number of imidazole rings is 1. The molecule has 0 spiro atoms. The Labute approximate surface area is 104 Å². The van der Waals surface area contributed by atoms with Crippen molar-refractivity contribution in [2.45, 2.75) is 19.4 Å². The van der Waals surface area contributed by atoms with Crippen molar-refractivity contribution >= 4 is 11.5 Å². The molecule has 0 radical (unpaired) electrons. The zero-order valence-corrected chi connectivity index (χ0v) is 10.4. The van der Waals surface area contributed by atoms with Crippen LogP contribution in [-0.4, -0.2) is 27.1 Å². The number of rotatable bonds is 3. The summed E-state index contributed by atoms with van der Waals surface area (Å²) in [6, 6.07) is 0. The van der Waals surface area contributed by atoms with E-state index in [2.05, 4.69) is 13.9 Å². The van der Waals surface area contributed by atoms with Gasteiger partial charge in [-0.2, -0.15) is 0 Å². The van der Waals surface area contributed by atoms with Crippen molar-refractivity contribution in [2.24, 2.45) is 5.92 Å². The lowest BCUT2D eigenvalue weighted by Crippen LogP contribution is -2.22. The van der Waals surface area contributed by atoms with Crippen LogP contribution in [0.25, 0.3) is 11.4 Å². The summed E-state index contributed by atoms with van der Waals surface area (Å²) in [6.07, 6.45) is 8.20. The largest absolute Gasteiger partial charge is 0.381 e. The molecule has 4 nitrogen and oxygen atoms in total. The zero-order chi connectivity index (χ0) is 11.5. The Hall–Kier alpha value is -1.20. The van der Waals surface area contributed by atoms with Crippen molar-refractivity contribution < 1.29 is 4.74 Å². The summed E-state index contributed by atoms with van der Waals surface area (Å²) < 4.78 is 11.9. The van der Waals surface area contributed by atoms with Crippen molar-refractivity contribution in [3.8, 4) is 11.4 Å². The molecule has 1 unspecified atom stereocenters. The Morgan fingerprint density at radius 3 is 3.29 bits per heavy atom. The first kappa shape index (κ1) is 10.9. The standard InChI is InChI=1S/C12H15N3OS/c1-2-10(8-16-5-1)7-15-4-3-13-12(15)11-6-14-17-9-11/h3-4,6,9-10H,1-2,5,7-8H2. The fourth-order valence-electron chi connectivity index (χ4n) is 2.26. The molecule has 2 aromatic heterocycles. The summed E-state index contributed by atoms with van der Waals surface area (Å²) in [5.74, 6) is 1.63. The highest BCUT2D eigenvalue weighted by molar-refractivity contribution is 7.03. The van der Waals surface area contributed by atoms with Crippen LogP contribution in [0.5, 0.6) is 0 Å². The number of nitrogens with zero attached hydrogens (tertiary/aromatic N) is 3. The fraction of sp³-hybridized carbons (Fsp3) is 0.500. The molecular formula is C12H15N3OS. The maximum atomic E-state index is 5.52. The molecule has 1 fully saturated rings. The van der Waals surface area contributed by atoms with Gasteiger partial charge in [0.2, 0.25) is 0 Å². The summed E-state index contributed by atoms with van der Waals surface area (Å²) in [4.78, 5) is 4.41. The maximum absolute atomic E-state index is 5.52. The molecule has 3 rings (SSSR count). The van der Waals surface area contributed by atoms with Gasteiger partial charge < -0.3 is 9.30 Å². The third-order valence-electron chi connectivity index (χ3n) is 3.12. The van der Waals surface area contributed by atoms with Crippen LogP contribution in [-0.2, 0) is 11.3 Å². The molecule has 0 amide bonds. The highest BCUT2D eigenvalue weighted by atomic mass is 32.1. The number of hydrogen-bond acceptors (Lipinski definition) is 4. The third kappa shape index (κ3) is 2.40. The summed E-state index contributed by atoms with van der Waals surface area (Å²) in [7, 11) is 0. The minimum Gasteiger partial charge on any atom is -0.381 e. The molecule has 1 aliphatic rings. The summed E-state index contributed by atoms with van der Waals surface area (Å²) in [6.45, 7) is 2.78. The number of ether oxygens (including phenoxy) is 1. The molecule has 0 saturated carbocycles. The van der Waals surface area contributed by atoms with E-state index < -0.39 is 0 Å². The Morgan fingerprint density at radius 2 is 2.53 bits per heavy atom. The molecule has 5 heteroatoms. The minimum absolute atomic E-state index is 0.614. The van der Waals surface area contributed by atoms with Crippen LogP contribution < -0.4 is 0 Å². The molecule has 0 bridgehead atoms. The van der Waals surface area contributed by atoms with E-state index in [0.717, 1.165) is 31.1 Å². The van der Waals surface area contributed by atoms with E-state index in [1.54, 1.807) is 0 Å². The molecule has 1 saturated heterocycles. The van der Waals surface area contributed by atoms with E-state index in [-0.39, 0.29) is 0 Å². The second-order valence-corrected chi connectivity index (χ2v) is 5.06. The summed E-state index contributed by atoms with van der Waals surface area (Å²) in [5, 5.41) is 2.04. The monoisotopic (exact) mass is 249 g/mol. The lowest BCUT2D eigenvalue weighted by molar-refractivity contribution is 0.0485. The zero-order valence-electron chi connectivity index (χ0n) is 9.58. The van der Waals surface area contributed by atoms with Crippen LogP contribution in [0.2, 0.25) is 0 Å². The van der Waals surface area contributed by atoms with Gasteiger partial charge >= 0.3 is 0 Å². The topological polar surface area (TPSA) is 39.9 Å². The van der Waals surface area contributed by atoms with Gasteiger partial charge in [0, 0.05) is 42.4 Å². The second kappa shape index (κ2) is 4.98. The van der Waals surface area contributed by atoms with Gasteiger partial charge in [0.05, 0.1) is 12.8 Å². The van der Waals surface area contributed by atoms with E-state index in [0.29, 0.717) is 5.92 Å². The van der Waals surface area contributed by atoms with Gasteiger partial charge in [0.1, 0.15) is 5.82 Å². The first-order valence-corrected chi connectivity index (χ1v) is 6.76. The first-order chi connectivity index (χ1) is 8.43. The van der Waals surface area contributed by atoms with E-state index >= 15 is 0 Å². The van der Waals surface area contributed by atoms with Gasteiger partial charge in [0.25, 0.3) is 0 Å². The predicted molar refractivity (Wildman–Crippen MR) is 66.9 cm³/mol. The van der Waals surface area contributed by atoms with Gasteiger partial charge in [-0.25, -0.2) is 9.36 Å². The lowest BCUT2D eigenvalue weighted by atomic mass is 10.0. The first-order valence-electron chi connectivity index (χ1n) is 5.92. The van der Waals surface area contributed by atoms with Gasteiger partial charge in [-0.3, -0.25) is 0 Å².